The number of ether oxygens (including phenoxy) is 1. The minimum atomic E-state index is -4.79. The van der Waals surface area contributed by atoms with Gasteiger partial charge in [-0.05, 0) is 63.6 Å². The van der Waals surface area contributed by atoms with Crippen molar-refractivity contribution in [3.63, 3.8) is 0 Å². The van der Waals surface area contributed by atoms with Crippen LogP contribution in [0.1, 0.15) is 46.1 Å². The molecule has 0 amide bonds. The van der Waals surface area contributed by atoms with Crippen LogP contribution in [0.3, 0.4) is 0 Å². The maximum Gasteiger partial charge on any atom is 0.420 e. The molecule has 1 aliphatic heterocycles. The van der Waals surface area contributed by atoms with Gasteiger partial charge in [-0.2, -0.15) is 13.2 Å². The van der Waals surface area contributed by atoms with Crippen LogP contribution in [0.25, 0.3) is 0 Å². The number of anilines is 2. The van der Waals surface area contributed by atoms with Crippen LogP contribution in [0.5, 0.6) is 5.75 Å². The molecule has 3 rings (SSSR count). The normalized spacial score (nSPS) is 16.3. The van der Waals surface area contributed by atoms with Crippen molar-refractivity contribution in [1.82, 2.24) is 0 Å². The molecule has 0 radical (unpaired) electrons. The molecule has 0 aliphatic carbocycles. The molecule has 0 aromatic heterocycles. The summed E-state index contributed by atoms with van der Waals surface area (Å²) in [4.78, 5) is 13.0. The molecule has 37 heavy (non-hydrogen) atoms. The number of alkyl halides is 5. The van der Waals surface area contributed by atoms with Gasteiger partial charge < -0.3 is 14.7 Å². The minimum Gasteiger partial charge on any atom is -0.492 e. The summed E-state index contributed by atoms with van der Waals surface area (Å²) in [6.07, 6.45) is -4.41. The van der Waals surface area contributed by atoms with Gasteiger partial charge in [0, 0.05) is 24.4 Å². The predicted octanol–water partition coefficient (Wildman–Crippen LogP) is 7.04. The number of benzene rings is 2. The van der Waals surface area contributed by atoms with Crippen LogP contribution in [0.2, 0.25) is 0 Å². The van der Waals surface area contributed by atoms with Crippen molar-refractivity contribution in [3.8, 4) is 5.75 Å². The Morgan fingerprint density at radius 3 is 2.14 bits per heavy atom. The molecule has 0 saturated carbocycles. The molecule has 2 aromatic rings. The minimum absolute atomic E-state index is 0.0625. The third-order valence-corrected chi connectivity index (χ3v) is 7.02. The van der Waals surface area contributed by atoms with Crippen LogP contribution in [-0.2, 0) is 21.8 Å². The number of hydrogen-bond donors (Lipinski definition) is 1. The molecular weight excluding hydrogens is 524 g/mol. The Hall–Kier alpha value is -2.76. The van der Waals surface area contributed by atoms with E-state index in [1.54, 1.807) is 4.90 Å². The number of carboxylic acid groups (broad SMARTS) is 1. The van der Waals surface area contributed by atoms with Crippen molar-refractivity contribution in [2.24, 2.45) is 5.41 Å². The van der Waals surface area contributed by atoms with Gasteiger partial charge in [-0.25, -0.2) is 13.2 Å². The average molecular weight is 554 g/mol. The summed E-state index contributed by atoms with van der Waals surface area (Å²) in [5, 5.41) is 9.22. The van der Waals surface area contributed by atoms with Crippen LogP contribution in [0.15, 0.2) is 41.3 Å². The van der Waals surface area contributed by atoms with Crippen molar-refractivity contribution >= 4 is 28.1 Å². The molecule has 1 atom stereocenters. The second-order valence-corrected chi connectivity index (χ2v) is 10.8. The Morgan fingerprint density at radius 2 is 1.65 bits per heavy atom. The molecule has 1 N–H and O–H groups in total. The smallest absolute Gasteiger partial charge is 0.420 e. The third kappa shape index (κ3) is 8.37. The number of carbonyl (C=O) groups is 1. The predicted molar refractivity (Wildman–Crippen MR) is 129 cm³/mol. The Balaban J connectivity index is 0.000000717. The summed E-state index contributed by atoms with van der Waals surface area (Å²) in [5.41, 5.74) is -1.96. The SMILES string of the molecule is CC(C)(COc1cc2c(cc1C(F)(F)F)N(c1ccc(F)cc1)CCCS2=O)C(=O)O.CCC(C)(F)F. The summed E-state index contributed by atoms with van der Waals surface area (Å²) in [6.45, 7) is 4.83. The van der Waals surface area contributed by atoms with Gasteiger partial charge in [0.2, 0.25) is 5.92 Å². The number of nitrogens with zero attached hydrogens (tertiary/aromatic N) is 1. The molecule has 206 valence electrons. The Morgan fingerprint density at radius 1 is 1.08 bits per heavy atom. The first-order valence-electron chi connectivity index (χ1n) is 11.4. The zero-order valence-electron chi connectivity index (χ0n) is 20.8. The number of fused-ring (bicyclic) bond motifs is 1. The third-order valence-electron chi connectivity index (χ3n) is 5.54. The van der Waals surface area contributed by atoms with Gasteiger partial charge >= 0.3 is 12.1 Å². The molecule has 0 saturated heterocycles. The van der Waals surface area contributed by atoms with Crippen LogP contribution >= 0.6 is 0 Å². The Bertz CT molecular complexity index is 1110. The van der Waals surface area contributed by atoms with Crippen LogP contribution in [0, 0.1) is 11.2 Å². The molecule has 1 heterocycles. The zero-order chi connectivity index (χ0) is 28.2. The molecule has 2 aromatic carbocycles. The highest BCUT2D eigenvalue weighted by Crippen LogP contribution is 2.44. The number of halogens is 6. The molecule has 1 aliphatic rings. The summed E-state index contributed by atoms with van der Waals surface area (Å²) in [6, 6.07) is 7.24. The fourth-order valence-electron chi connectivity index (χ4n) is 3.08. The fourth-order valence-corrected chi connectivity index (χ4v) is 4.33. The average Bonchev–Trinajstić information content (AvgIpc) is 2.95. The highest BCUT2D eigenvalue weighted by molar-refractivity contribution is 7.85. The molecule has 12 heteroatoms. The van der Waals surface area contributed by atoms with E-state index in [0.29, 0.717) is 18.7 Å². The maximum atomic E-state index is 13.8. The summed E-state index contributed by atoms with van der Waals surface area (Å²) >= 11 is 0. The van der Waals surface area contributed by atoms with E-state index in [1.807, 2.05) is 0 Å². The van der Waals surface area contributed by atoms with E-state index in [1.165, 1.54) is 45.0 Å². The van der Waals surface area contributed by atoms with Gasteiger partial charge in [0.05, 0.1) is 32.4 Å². The highest BCUT2D eigenvalue weighted by Gasteiger charge is 2.38. The molecule has 0 spiro atoms. The highest BCUT2D eigenvalue weighted by atomic mass is 32.2. The van der Waals surface area contributed by atoms with Crippen LogP contribution in [-0.4, -0.2) is 40.1 Å². The fraction of sp³-hybridized carbons (Fsp3) is 0.480. The molecule has 0 bridgehead atoms. The first-order chi connectivity index (χ1) is 17.0. The first-order valence-corrected chi connectivity index (χ1v) is 12.7. The Kier molecular flexibility index (Phi) is 9.67. The second-order valence-electron chi connectivity index (χ2n) is 9.25. The van der Waals surface area contributed by atoms with Crippen molar-refractivity contribution in [1.29, 1.82) is 0 Å². The molecule has 0 fully saturated rings. The van der Waals surface area contributed by atoms with E-state index < -0.39 is 58.0 Å². The van der Waals surface area contributed by atoms with E-state index in [4.69, 9.17) is 4.74 Å². The summed E-state index contributed by atoms with van der Waals surface area (Å²) in [7, 11) is -1.59. The van der Waals surface area contributed by atoms with E-state index in [0.717, 1.165) is 19.1 Å². The van der Waals surface area contributed by atoms with Crippen LogP contribution in [0.4, 0.5) is 37.7 Å². The number of hydrogen-bond acceptors (Lipinski definition) is 4. The topological polar surface area (TPSA) is 66.8 Å². The standard InChI is InChI=1S/C21H21F4NO4S.C4H8F2/c1-20(2,19(27)28)12-30-17-11-18-16(10-15(17)21(23,24)25)26(8-3-9-31(18)29)14-6-4-13(22)5-7-14;1-3-4(2,5)6/h4-7,10-11H,3,8-9,12H2,1-2H3,(H,27,28);3H2,1-2H3. The summed E-state index contributed by atoms with van der Waals surface area (Å²) < 4.78 is 95.8. The number of carboxylic acids is 1. The zero-order valence-corrected chi connectivity index (χ0v) is 21.6. The van der Waals surface area contributed by atoms with Gasteiger partial charge in [-0.3, -0.25) is 9.00 Å². The lowest BCUT2D eigenvalue weighted by atomic mass is 9.95. The van der Waals surface area contributed by atoms with E-state index >= 15 is 0 Å². The number of aliphatic carboxylic acids is 1. The lowest BCUT2D eigenvalue weighted by Gasteiger charge is -2.27. The number of rotatable bonds is 6. The van der Waals surface area contributed by atoms with Gasteiger partial charge in [0.1, 0.15) is 18.2 Å². The monoisotopic (exact) mass is 553 g/mol. The lowest BCUT2D eigenvalue weighted by Crippen LogP contribution is -2.31. The van der Waals surface area contributed by atoms with E-state index in [2.05, 4.69) is 0 Å². The molecule has 5 nitrogen and oxygen atoms in total. The molecule has 1 unspecified atom stereocenters. The van der Waals surface area contributed by atoms with Crippen molar-refractivity contribution in [2.45, 2.75) is 57.5 Å². The Labute approximate surface area is 213 Å². The van der Waals surface area contributed by atoms with Crippen LogP contribution < -0.4 is 9.64 Å². The van der Waals surface area contributed by atoms with Gasteiger partial charge in [-0.1, -0.05) is 6.92 Å². The lowest BCUT2D eigenvalue weighted by molar-refractivity contribution is -0.148. The molecular formula is C25H29F6NO4S. The van der Waals surface area contributed by atoms with E-state index in [9.17, 15) is 40.5 Å². The second kappa shape index (κ2) is 11.7. The largest absolute Gasteiger partial charge is 0.492 e. The van der Waals surface area contributed by atoms with Crippen molar-refractivity contribution in [3.05, 3.63) is 47.8 Å². The van der Waals surface area contributed by atoms with Gasteiger partial charge in [0.15, 0.2) is 0 Å². The van der Waals surface area contributed by atoms with Gasteiger partial charge in [-0.15, -0.1) is 0 Å². The summed E-state index contributed by atoms with van der Waals surface area (Å²) in [5.74, 6) is -4.50. The van der Waals surface area contributed by atoms with Crippen molar-refractivity contribution < 1.29 is 45.2 Å². The maximum absolute atomic E-state index is 13.8. The quantitative estimate of drug-likeness (QED) is 0.389. The van der Waals surface area contributed by atoms with E-state index in [-0.39, 0.29) is 22.8 Å². The van der Waals surface area contributed by atoms with Crippen molar-refractivity contribution in [2.75, 3.05) is 23.8 Å². The first kappa shape index (κ1) is 30.5. The van der Waals surface area contributed by atoms with Gasteiger partial charge in [0.25, 0.3) is 0 Å².